The molecule has 0 N–H and O–H groups in total. The molecule has 1 unspecified atom stereocenters. The number of nitriles is 1. The molecule has 0 amide bonds. The lowest BCUT2D eigenvalue weighted by atomic mass is 9.92. The highest BCUT2D eigenvalue weighted by molar-refractivity contribution is 9.10. The molecule has 2 aromatic rings. The van der Waals surface area contributed by atoms with Crippen molar-refractivity contribution < 1.29 is 9.18 Å². The summed E-state index contributed by atoms with van der Waals surface area (Å²) in [4.78, 5) is 12.3. The number of hydrogen-bond donors (Lipinski definition) is 0. The van der Waals surface area contributed by atoms with E-state index in [4.69, 9.17) is 11.6 Å². The first kappa shape index (κ1) is 14.7. The molecule has 100 valence electrons. The lowest BCUT2D eigenvalue weighted by Crippen LogP contribution is -2.13. The van der Waals surface area contributed by atoms with Crippen LogP contribution in [0.3, 0.4) is 0 Å². The normalized spacial score (nSPS) is 11.7. The van der Waals surface area contributed by atoms with Crippen molar-refractivity contribution >= 4 is 33.3 Å². The number of Topliss-reactive ketones (excluding diaryl/α,β-unsaturated/α-hetero) is 1. The second-order valence-electron chi connectivity index (χ2n) is 4.08. The number of hydrogen-bond acceptors (Lipinski definition) is 2. The molecule has 2 aromatic carbocycles. The van der Waals surface area contributed by atoms with Crippen LogP contribution in [-0.2, 0) is 0 Å². The molecule has 0 saturated carbocycles. The van der Waals surface area contributed by atoms with Crippen LogP contribution < -0.4 is 0 Å². The summed E-state index contributed by atoms with van der Waals surface area (Å²) in [6.45, 7) is 0. The topological polar surface area (TPSA) is 40.9 Å². The third kappa shape index (κ3) is 2.90. The molecule has 0 heterocycles. The van der Waals surface area contributed by atoms with Crippen molar-refractivity contribution in [3.8, 4) is 6.07 Å². The molecular weight excluding hydrogens is 345 g/mol. The minimum atomic E-state index is -1.07. The van der Waals surface area contributed by atoms with Gasteiger partial charge in [-0.25, -0.2) is 4.39 Å². The van der Waals surface area contributed by atoms with E-state index in [1.807, 2.05) is 6.07 Å². The monoisotopic (exact) mass is 351 g/mol. The average Bonchev–Trinajstić information content (AvgIpc) is 2.42. The molecule has 2 nitrogen and oxygen atoms in total. The Morgan fingerprint density at radius 3 is 2.65 bits per heavy atom. The minimum Gasteiger partial charge on any atom is -0.292 e. The first-order valence-electron chi connectivity index (χ1n) is 5.68. The summed E-state index contributed by atoms with van der Waals surface area (Å²) in [5.41, 5.74) is 0.329. The Morgan fingerprint density at radius 1 is 1.30 bits per heavy atom. The van der Waals surface area contributed by atoms with Crippen LogP contribution in [0.1, 0.15) is 21.8 Å². The highest BCUT2D eigenvalue weighted by atomic mass is 79.9. The Balaban J connectivity index is 2.45. The van der Waals surface area contributed by atoms with Crippen LogP contribution in [0.2, 0.25) is 5.02 Å². The Labute approximate surface area is 128 Å². The van der Waals surface area contributed by atoms with Gasteiger partial charge in [-0.2, -0.15) is 5.26 Å². The third-order valence-corrected chi connectivity index (χ3v) is 3.58. The summed E-state index contributed by atoms with van der Waals surface area (Å²) in [7, 11) is 0. The molecular formula is C15H8BrClFNO. The number of halogens is 3. The zero-order valence-corrected chi connectivity index (χ0v) is 12.5. The highest BCUT2D eigenvalue weighted by Crippen LogP contribution is 2.26. The largest absolute Gasteiger partial charge is 0.292 e. The molecule has 1 atom stereocenters. The summed E-state index contributed by atoms with van der Waals surface area (Å²) in [6.07, 6.45) is 0. The van der Waals surface area contributed by atoms with E-state index in [1.165, 1.54) is 18.2 Å². The van der Waals surface area contributed by atoms with Gasteiger partial charge in [0.15, 0.2) is 11.6 Å². The van der Waals surface area contributed by atoms with E-state index in [0.29, 0.717) is 5.56 Å². The van der Waals surface area contributed by atoms with Gasteiger partial charge in [0.05, 0.1) is 16.7 Å². The van der Waals surface area contributed by atoms with Crippen LogP contribution in [0, 0.1) is 17.1 Å². The van der Waals surface area contributed by atoms with Crippen molar-refractivity contribution in [3.05, 3.63) is 68.9 Å². The second kappa shape index (κ2) is 6.17. The number of carbonyl (C=O) groups excluding carboxylic acids is 1. The Morgan fingerprint density at radius 2 is 2.00 bits per heavy atom. The fraction of sp³-hybridized carbons (Fsp3) is 0.0667. The molecule has 0 saturated heterocycles. The fourth-order valence-electron chi connectivity index (χ4n) is 1.82. The number of rotatable bonds is 3. The van der Waals surface area contributed by atoms with E-state index >= 15 is 0 Å². The molecule has 5 heteroatoms. The van der Waals surface area contributed by atoms with Crippen molar-refractivity contribution in [3.63, 3.8) is 0 Å². The Bertz CT molecular complexity index is 711. The summed E-state index contributed by atoms with van der Waals surface area (Å²) < 4.78 is 14.6. The standard InChI is InChI=1S/C15H8BrClFNO/c16-10-4-1-3-9(7-10)12(8-19)15(20)11-5-2-6-13(17)14(11)18/h1-7,12H. The summed E-state index contributed by atoms with van der Waals surface area (Å²) in [6, 6.07) is 12.9. The van der Waals surface area contributed by atoms with Gasteiger partial charge in [-0.05, 0) is 29.8 Å². The maximum atomic E-state index is 13.9. The molecule has 0 aliphatic carbocycles. The van der Waals surface area contributed by atoms with Gasteiger partial charge in [0.1, 0.15) is 5.92 Å². The highest BCUT2D eigenvalue weighted by Gasteiger charge is 2.25. The molecule has 0 aliphatic heterocycles. The van der Waals surface area contributed by atoms with Crippen molar-refractivity contribution in [2.45, 2.75) is 5.92 Å². The fourth-order valence-corrected chi connectivity index (χ4v) is 2.41. The maximum Gasteiger partial charge on any atom is 0.187 e. The van der Waals surface area contributed by atoms with Gasteiger partial charge in [-0.15, -0.1) is 0 Å². The van der Waals surface area contributed by atoms with Gasteiger partial charge >= 0.3 is 0 Å². The number of nitrogens with zero attached hydrogens (tertiary/aromatic N) is 1. The predicted molar refractivity (Wildman–Crippen MR) is 78.2 cm³/mol. The van der Waals surface area contributed by atoms with E-state index < -0.39 is 17.5 Å². The van der Waals surface area contributed by atoms with Gasteiger partial charge in [0.2, 0.25) is 0 Å². The van der Waals surface area contributed by atoms with Crippen LogP contribution in [0.15, 0.2) is 46.9 Å². The quantitative estimate of drug-likeness (QED) is 0.749. The van der Waals surface area contributed by atoms with Crippen LogP contribution in [-0.4, -0.2) is 5.78 Å². The van der Waals surface area contributed by atoms with E-state index in [0.717, 1.165) is 4.47 Å². The first-order valence-corrected chi connectivity index (χ1v) is 6.85. The van der Waals surface area contributed by atoms with E-state index in [2.05, 4.69) is 15.9 Å². The maximum absolute atomic E-state index is 13.9. The molecule has 0 aromatic heterocycles. The first-order chi connectivity index (χ1) is 9.54. The lowest BCUT2D eigenvalue weighted by molar-refractivity contribution is 0.0975. The zero-order valence-electron chi connectivity index (χ0n) is 10.1. The zero-order chi connectivity index (χ0) is 14.7. The van der Waals surface area contributed by atoms with Crippen LogP contribution in [0.5, 0.6) is 0 Å². The molecule has 0 spiro atoms. The van der Waals surface area contributed by atoms with Crippen molar-refractivity contribution in [2.75, 3.05) is 0 Å². The van der Waals surface area contributed by atoms with Gasteiger partial charge in [0.25, 0.3) is 0 Å². The van der Waals surface area contributed by atoms with Gasteiger partial charge in [-0.3, -0.25) is 4.79 Å². The van der Waals surface area contributed by atoms with Crippen molar-refractivity contribution in [1.82, 2.24) is 0 Å². The SMILES string of the molecule is N#CC(C(=O)c1cccc(Cl)c1F)c1cccc(Br)c1. The number of ketones is 1. The molecule has 2 rings (SSSR count). The van der Waals surface area contributed by atoms with Crippen molar-refractivity contribution in [1.29, 1.82) is 5.26 Å². The van der Waals surface area contributed by atoms with Gasteiger partial charge in [0, 0.05) is 4.47 Å². The van der Waals surface area contributed by atoms with Gasteiger partial charge < -0.3 is 0 Å². The predicted octanol–water partition coefficient (Wildman–Crippen LogP) is 4.73. The van der Waals surface area contributed by atoms with E-state index in [-0.39, 0.29) is 10.6 Å². The number of carbonyl (C=O) groups is 1. The average molecular weight is 353 g/mol. The Kier molecular flexibility index (Phi) is 4.53. The third-order valence-electron chi connectivity index (χ3n) is 2.79. The summed E-state index contributed by atoms with van der Waals surface area (Å²) >= 11 is 8.93. The molecule has 0 bridgehead atoms. The smallest absolute Gasteiger partial charge is 0.187 e. The molecule has 20 heavy (non-hydrogen) atoms. The minimum absolute atomic E-state index is 0.137. The summed E-state index contributed by atoms with van der Waals surface area (Å²) in [5, 5.41) is 9.08. The lowest BCUT2D eigenvalue weighted by Gasteiger charge is -2.10. The van der Waals surface area contributed by atoms with Crippen LogP contribution in [0.4, 0.5) is 4.39 Å². The second-order valence-corrected chi connectivity index (χ2v) is 5.41. The molecule has 0 aliphatic rings. The van der Waals surface area contributed by atoms with Crippen LogP contribution in [0.25, 0.3) is 0 Å². The number of benzene rings is 2. The van der Waals surface area contributed by atoms with Crippen molar-refractivity contribution in [2.24, 2.45) is 0 Å². The Hall–Kier alpha value is -1.70. The van der Waals surface area contributed by atoms with Crippen LogP contribution >= 0.6 is 27.5 Å². The summed E-state index contributed by atoms with van der Waals surface area (Å²) in [5.74, 6) is -2.47. The van der Waals surface area contributed by atoms with Gasteiger partial charge in [-0.1, -0.05) is 45.7 Å². The molecule has 0 radical (unpaired) electrons. The van der Waals surface area contributed by atoms with E-state index in [1.54, 1.807) is 24.3 Å². The molecule has 0 fully saturated rings. The van der Waals surface area contributed by atoms with E-state index in [9.17, 15) is 14.4 Å².